The van der Waals surface area contributed by atoms with Gasteiger partial charge in [-0.05, 0) is 49.5 Å². The van der Waals surface area contributed by atoms with Crippen LogP contribution in [0.3, 0.4) is 0 Å². The molecule has 1 heterocycles. The van der Waals surface area contributed by atoms with E-state index in [0.717, 1.165) is 12.8 Å². The molecule has 1 atom stereocenters. The molecule has 0 bridgehead atoms. The first-order valence-electron chi connectivity index (χ1n) is 4.61. The summed E-state index contributed by atoms with van der Waals surface area (Å²) in [6.45, 7) is 0. The number of aliphatic hydroxyl groups is 1. The molecular formula is C9H16OS. The van der Waals surface area contributed by atoms with Crippen molar-refractivity contribution in [3.8, 4) is 0 Å². The largest absolute Gasteiger partial charge is 0.390 e. The molecule has 0 aromatic heterocycles. The Morgan fingerprint density at radius 1 is 1.27 bits per heavy atom. The van der Waals surface area contributed by atoms with E-state index in [4.69, 9.17) is 0 Å². The molecule has 0 spiro atoms. The summed E-state index contributed by atoms with van der Waals surface area (Å²) in [5.41, 5.74) is -0.229. The van der Waals surface area contributed by atoms with E-state index in [1.165, 1.54) is 30.8 Å². The predicted octanol–water partition coefficient (Wildman–Crippen LogP) is 2.04. The summed E-state index contributed by atoms with van der Waals surface area (Å²) in [4.78, 5) is 0. The Balaban J connectivity index is 1.91. The van der Waals surface area contributed by atoms with Crippen LogP contribution in [0.2, 0.25) is 0 Å². The van der Waals surface area contributed by atoms with Gasteiger partial charge in [-0.2, -0.15) is 11.8 Å². The van der Waals surface area contributed by atoms with Crippen LogP contribution < -0.4 is 0 Å². The molecule has 1 N–H and O–H groups in total. The zero-order valence-corrected chi connectivity index (χ0v) is 7.70. The van der Waals surface area contributed by atoms with Gasteiger partial charge in [-0.1, -0.05) is 0 Å². The van der Waals surface area contributed by atoms with Crippen molar-refractivity contribution in [2.75, 3.05) is 11.5 Å². The predicted molar refractivity (Wildman–Crippen MR) is 48.8 cm³/mol. The van der Waals surface area contributed by atoms with Crippen LogP contribution in [0.1, 0.15) is 32.1 Å². The lowest BCUT2D eigenvalue weighted by molar-refractivity contribution is -0.0792. The van der Waals surface area contributed by atoms with Gasteiger partial charge in [-0.15, -0.1) is 0 Å². The fraction of sp³-hybridized carbons (Fsp3) is 1.00. The molecular weight excluding hydrogens is 156 g/mol. The Morgan fingerprint density at radius 3 is 2.55 bits per heavy atom. The smallest absolute Gasteiger partial charge is 0.0683 e. The molecule has 64 valence electrons. The minimum atomic E-state index is -0.229. The number of thioether (sulfide) groups is 1. The van der Waals surface area contributed by atoms with Crippen LogP contribution >= 0.6 is 11.8 Å². The highest BCUT2D eigenvalue weighted by molar-refractivity contribution is 7.99. The van der Waals surface area contributed by atoms with Gasteiger partial charge in [0.2, 0.25) is 0 Å². The van der Waals surface area contributed by atoms with Gasteiger partial charge >= 0.3 is 0 Å². The van der Waals surface area contributed by atoms with Crippen LogP contribution in [0.5, 0.6) is 0 Å². The molecule has 0 aromatic rings. The zero-order valence-electron chi connectivity index (χ0n) is 6.88. The average Bonchev–Trinajstić information content (AvgIpc) is 2.02. The monoisotopic (exact) mass is 172 g/mol. The Morgan fingerprint density at radius 2 is 2.09 bits per heavy atom. The van der Waals surface area contributed by atoms with Gasteiger partial charge in [0.25, 0.3) is 0 Å². The molecule has 1 saturated heterocycles. The Labute approximate surface area is 72.6 Å². The van der Waals surface area contributed by atoms with Crippen LogP contribution in [0.25, 0.3) is 0 Å². The summed E-state index contributed by atoms with van der Waals surface area (Å²) in [6.07, 6.45) is 5.97. The maximum absolute atomic E-state index is 10.0. The van der Waals surface area contributed by atoms with Crippen molar-refractivity contribution in [1.29, 1.82) is 0 Å². The maximum Gasteiger partial charge on any atom is 0.0683 e. The molecule has 2 rings (SSSR count). The van der Waals surface area contributed by atoms with Crippen molar-refractivity contribution in [1.82, 2.24) is 0 Å². The summed E-state index contributed by atoms with van der Waals surface area (Å²) in [6, 6.07) is 0. The summed E-state index contributed by atoms with van der Waals surface area (Å²) in [5.74, 6) is 3.14. The van der Waals surface area contributed by atoms with E-state index in [-0.39, 0.29) is 5.60 Å². The molecule has 0 aromatic carbocycles. The minimum absolute atomic E-state index is 0.229. The molecule has 2 aliphatic rings. The van der Waals surface area contributed by atoms with Crippen LogP contribution in [0.4, 0.5) is 0 Å². The first-order chi connectivity index (χ1) is 5.31. The first-order valence-corrected chi connectivity index (χ1v) is 5.77. The number of hydrogen-bond acceptors (Lipinski definition) is 2. The van der Waals surface area contributed by atoms with Crippen molar-refractivity contribution in [2.24, 2.45) is 5.92 Å². The van der Waals surface area contributed by atoms with E-state index in [1.54, 1.807) is 0 Å². The quantitative estimate of drug-likeness (QED) is 0.653. The third-order valence-electron chi connectivity index (χ3n) is 3.14. The van der Waals surface area contributed by atoms with Crippen molar-refractivity contribution in [3.05, 3.63) is 0 Å². The summed E-state index contributed by atoms with van der Waals surface area (Å²) >= 11 is 2.02. The Hall–Kier alpha value is 0.310. The van der Waals surface area contributed by atoms with Crippen molar-refractivity contribution in [2.45, 2.75) is 37.7 Å². The van der Waals surface area contributed by atoms with E-state index < -0.39 is 0 Å². The molecule has 1 unspecified atom stereocenters. The van der Waals surface area contributed by atoms with Gasteiger partial charge in [0.15, 0.2) is 0 Å². The zero-order chi connectivity index (χ0) is 7.73. The molecule has 1 nitrogen and oxygen atoms in total. The second kappa shape index (κ2) is 2.98. The Bertz CT molecular complexity index is 136. The van der Waals surface area contributed by atoms with Crippen molar-refractivity contribution in [3.63, 3.8) is 0 Å². The van der Waals surface area contributed by atoms with Gasteiger partial charge in [0, 0.05) is 0 Å². The van der Waals surface area contributed by atoms with Gasteiger partial charge in [-0.3, -0.25) is 0 Å². The molecule has 11 heavy (non-hydrogen) atoms. The lowest BCUT2D eigenvalue weighted by atomic mass is 9.70. The highest BCUT2D eigenvalue weighted by atomic mass is 32.2. The Kier molecular flexibility index (Phi) is 2.15. The van der Waals surface area contributed by atoms with Gasteiger partial charge in [0.05, 0.1) is 5.60 Å². The van der Waals surface area contributed by atoms with Crippen LogP contribution in [-0.2, 0) is 0 Å². The van der Waals surface area contributed by atoms with Crippen LogP contribution in [0, 0.1) is 5.92 Å². The van der Waals surface area contributed by atoms with Crippen LogP contribution in [0.15, 0.2) is 0 Å². The van der Waals surface area contributed by atoms with E-state index in [2.05, 4.69) is 0 Å². The third kappa shape index (κ3) is 1.43. The third-order valence-corrected chi connectivity index (χ3v) is 4.36. The first kappa shape index (κ1) is 7.93. The average molecular weight is 172 g/mol. The molecule has 2 fully saturated rings. The summed E-state index contributed by atoms with van der Waals surface area (Å²) in [5, 5.41) is 10.0. The van der Waals surface area contributed by atoms with E-state index in [1.807, 2.05) is 11.8 Å². The molecule has 1 aliphatic heterocycles. The highest BCUT2D eigenvalue weighted by Crippen LogP contribution is 2.43. The molecule has 0 amide bonds. The molecule has 2 heteroatoms. The fourth-order valence-electron chi connectivity index (χ4n) is 2.11. The van der Waals surface area contributed by atoms with E-state index in [9.17, 15) is 5.11 Å². The normalized spacial score (nSPS) is 36.3. The summed E-state index contributed by atoms with van der Waals surface area (Å²) in [7, 11) is 0. The summed E-state index contributed by atoms with van der Waals surface area (Å²) < 4.78 is 0. The molecule has 1 saturated carbocycles. The molecule has 0 radical (unpaired) electrons. The minimum Gasteiger partial charge on any atom is -0.390 e. The fourth-order valence-corrected chi connectivity index (χ4v) is 3.41. The maximum atomic E-state index is 10.0. The van der Waals surface area contributed by atoms with E-state index in [0.29, 0.717) is 5.92 Å². The number of rotatable bonds is 1. The number of hydrogen-bond donors (Lipinski definition) is 1. The van der Waals surface area contributed by atoms with E-state index >= 15 is 0 Å². The van der Waals surface area contributed by atoms with Gasteiger partial charge in [0.1, 0.15) is 0 Å². The second-order valence-corrected chi connectivity index (χ2v) is 5.02. The standard InChI is InChI=1S/C9H16OS/c10-9(4-2-5-9)8-3-1-6-11-7-8/h8,10H,1-7H2. The second-order valence-electron chi connectivity index (χ2n) is 3.87. The topological polar surface area (TPSA) is 20.2 Å². The van der Waals surface area contributed by atoms with Crippen LogP contribution in [-0.4, -0.2) is 22.2 Å². The molecule has 1 aliphatic carbocycles. The SMILES string of the molecule is OC1(C2CCCSC2)CCC1. The van der Waals surface area contributed by atoms with Crippen molar-refractivity contribution < 1.29 is 5.11 Å². The van der Waals surface area contributed by atoms with Crippen molar-refractivity contribution >= 4 is 11.8 Å². The van der Waals surface area contributed by atoms with Gasteiger partial charge < -0.3 is 5.11 Å². The lowest BCUT2D eigenvalue weighted by Gasteiger charge is -2.44. The highest BCUT2D eigenvalue weighted by Gasteiger charge is 2.42. The van der Waals surface area contributed by atoms with Gasteiger partial charge in [-0.25, -0.2) is 0 Å². The lowest BCUT2D eigenvalue weighted by Crippen LogP contribution is -2.46.